The monoisotopic (exact) mass is 265 g/mol. The molecule has 1 aromatic rings. The van der Waals surface area contributed by atoms with Crippen LogP contribution in [-0.4, -0.2) is 40.4 Å². The van der Waals surface area contributed by atoms with Gasteiger partial charge in [0.1, 0.15) is 11.6 Å². The number of nitrogens with one attached hydrogen (secondary N) is 1. The van der Waals surface area contributed by atoms with E-state index in [9.17, 15) is 4.79 Å². The van der Waals surface area contributed by atoms with Gasteiger partial charge in [0.25, 0.3) is 0 Å². The van der Waals surface area contributed by atoms with Gasteiger partial charge in [-0.05, 0) is 19.9 Å². The van der Waals surface area contributed by atoms with Crippen LogP contribution in [0, 0.1) is 6.92 Å². The van der Waals surface area contributed by atoms with Gasteiger partial charge in [0.2, 0.25) is 5.91 Å². The number of primary amides is 1. The van der Waals surface area contributed by atoms with Crippen LogP contribution in [0.25, 0.3) is 0 Å². The Morgan fingerprint density at radius 2 is 2.16 bits per heavy atom. The topological polar surface area (TPSA) is 84.1 Å². The normalized spacial score (nSPS) is 10.7. The van der Waals surface area contributed by atoms with E-state index < -0.39 is 0 Å². The predicted molar refractivity (Wildman–Crippen MR) is 75.7 cm³/mol. The Bertz CT molecular complexity index is 421. The fourth-order valence-electron chi connectivity index (χ4n) is 1.74. The summed E-state index contributed by atoms with van der Waals surface area (Å²) in [7, 11) is 0. The maximum Gasteiger partial charge on any atom is 0.231 e. The molecule has 0 unspecified atom stereocenters. The van der Waals surface area contributed by atoms with Crippen LogP contribution in [0.1, 0.15) is 31.8 Å². The van der Waals surface area contributed by atoms with E-state index in [0.717, 1.165) is 31.0 Å². The minimum absolute atomic E-state index is 0.228. The molecule has 0 saturated carbocycles. The smallest absolute Gasteiger partial charge is 0.231 e. The number of aromatic nitrogens is 2. The highest BCUT2D eigenvalue weighted by molar-refractivity contribution is 5.75. The lowest BCUT2D eigenvalue weighted by atomic mass is 10.3. The van der Waals surface area contributed by atoms with Crippen molar-refractivity contribution in [2.24, 2.45) is 5.73 Å². The molecule has 0 spiro atoms. The number of likely N-dealkylation sites (N-methyl/N-ethyl adjacent to an activating group) is 1. The number of rotatable bonds is 8. The van der Waals surface area contributed by atoms with Crippen molar-refractivity contribution in [3.8, 4) is 0 Å². The molecule has 6 nitrogen and oxygen atoms in total. The minimum atomic E-state index is -0.334. The second-order valence-electron chi connectivity index (χ2n) is 4.51. The molecule has 0 aliphatic rings. The Labute approximate surface area is 114 Å². The fourth-order valence-corrected chi connectivity index (χ4v) is 1.74. The van der Waals surface area contributed by atoms with Crippen molar-refractivity contribution in [1.82, 2.24) is 14.9 Å². The Morgan fingerprint density at radius 3 is 2.74 bits per heavy atom. The van der Waals surface area contributed by atoms with Gasteiger partial charge < -0.3 is 11.1 Å². The lowest BCUT2D eigenvalue weighted by molar-refractivity contribution is -0.119. The maximum absolute atomic E-state index is 11.0. The summed E-state index contributed by atoms with van der Waals surface area (Å²) in [5.41, 5.74) is 6.13. The lowest BCUT2D eigenvalue weighted by Crippen LogP contribution is -2.33. The van der Waals surface area contributed by atoms with Gasteiger partial charge in [-0.3, -0.25) is 9.69 Å². The van der Waals surface area contributed by atoms with Crippen LogP contribution in [0.3, 0.4) is 0 Å². The van der Waals surface area contributed by atoms with Crippen molar-refractivity contribution in [2.45, 2.75) is 33.7 Å². The van der Waals surface area contributed by atoms with Gasteiger partial charge in [-0.25, -0.2) is 9.97 Å². The molecule has 0 aliphatic carbocycles. The summed E-state index contributed by atoms with van der Waals surface area (Å²) >= 11 is 0. The van der Waals surface area contributed by atoms with Gasteiger partial charge >= 0.3 is 0 Å². The Kier molecular flexibility index (Phi) is 6.21. The molecule has 19 heavy (non-hydrogen) atoms. The third kappa shape index (κ3) is 5.65. The highest BCUT2D eigenvalue weighted by atomic mass is 16.1. The molecule has 0 bridgehead atoms. The van der Waals surface area contributed by atoms with E-state index in [4.69, 9.17) is 5.73 Å². The Hall–Kier alpha value is -1.69. The first kappa shape index (κ1) is 15.4. The SMILES string of the molecule is CCCNc1cc(C)nc(CN(CC)CC(N)=O)n1. The lowest BCUT2D eigenvalue weighted by Gasteiger charge is -2.18. The van der Waals surface area contributed by atoms with Crippen LogP contribution in [0.2, 0.25) is 0 Å². The zero-order chi connectivity index (χ0) is 14.3. The molecule has 1 rings (SSSR count). The highest BCUT2D eigenvalue weighted by Gasteiger charge is 2.10. The van der Waals surface area contributed by atoms with E-state index in [1.807, 2.05) is 24.8 Å². The summed E-state index contributed by atoms with van der Waals surface area (Å²) in [6, 6.07) is 1.92. The number of carbonyl (C=O) groups excluding carboxylic acids is 1. The van der Waals surface area contributed by atoms with Crippen molar-refractivity contribution in [2.75, 3.05) is 25.0 Å². The highest BCUT2D eigenvalue weighted by Crippen LogP contribution is 2.08. The number of hydrogen-bond donors (Lipinski definition) is 2. The molecular weight excluding hydrogens is 242 g/mol. The Morgan fingerprint density at radius 1 is 1.42 bits per heavy atom. The predicted octanol–water partition coefficient (Wildman–Crippen LogP) is 0.914. The van der Waals surface area contributed by atoms with Crippen LogP contribution in [0.5, 0.6) is 0 Å². The largest absolute Gasteiger partial charge is 0.370 e. The first-order chi connectivity index (χ1) is 9.05. The van der Waals surface area contributed by atoms with Gasteiger partial charge in [-0.15, -0.1) is 0 Å². The van der Waals surface area contributed by atoms with E-state index in [1.165, 1.54) is 0 Å². The number of hydrogen-bond acceptors (Lipinski definition) is 5. The van der Waals surface area contributed by atoms with E-state index in [-0.39, 0.29) is 12.5 Å². The molecule has 106 valence electrons. The first-order valence-corrected chi connectivity index (χ1v) is 6.64. The second-order valence-corrected chi connectivity index (χ2v) is 4.51. The molecule has 0 radical (unpaired) electrons. The van der Waals surface area contributed by atoms with E-state index >= 15 is 0 Å². The second kappa shape index (κ2) is 7.68. The molecule has 3 N–H and O–H groups in total. The van der Waals surface area contributed by atoms with Crippen molar-refractivity contribution in [3.63, 3.8) is 0 Å². The standard InChI is InChI=1S/C13H23N5O/c1-4-6-15-12-7-10(3)16-13(17-12)9-18(5-2)8-11(14)19/h7H,4-6,8-9H2,1-3H3,(H2,14,19)(H,15,16,17). The first-order valence-electron chi connectivity index (χ1n) is 6.64. The summed E-state index contributed by atoms with van der Waals surface area (Å²) in [4.78, 5) is 21.7. The minimum Gasteiger partial charge on any atom is -0.370 e. The number of aryl methyl sites for hydroxylation is 1. The van der Waals surface area contributed by atoms with Gasteiger partial charge in [0.05, 0.1) is 13.1 Å². The zero-order valence-electron chi connectivity index (χ0n) is 11.9. The molecule has 1 amide bonds. The average molecular weight is 265 g/mol. The third-order valence-electron chi connectivity index (χ3n) is 2.65. The molecule has 0 fully saturated rings. The van der Waals surface area contributed by atoms with E-state index in [1.54, 1.807) is 0 Å². The molecule has 1 aromatic heterocycles. The summed E-state index contributed by atoms with van der Waals surface area (Å²) in [6.45, 7) is 8.40. The van der Waals surface area contributed by atoms with Gasteiger partial charge in [0.15, 0.2) is 0 Å². The summed E-state index contributed by atoms with van der Waals surface area (Å²) in [6.07, 6.45) is 1.04. The molecule has 1 heterocycles. The number of nitrogens with zero attached hydrogens (tertiary/aromatic N) is 3. The number of amides is 1. The van der Waals surface area contributed by atoms with Crippen LogP contribution >= 0.6 is 0 Å². The average Bonchev–Trinajstić information content (AvgIpc) is 2.34. The van der Waals surface area contributed by atoms with Crippen LogP contribution in [-0.2, 0) is 11.3 Å². The van der Waals surface area contributed by atoms with Crippen molar-refractivity contribution < 1.29 is 4.79 Å². The number of nitrogens with two attached hydrogens (primary N) is 1. The number of anilines is 1. The third-order valence-corrected chi connectivity index (χ3v) is 2.65. The molecular formula is C13H23N5O. The number of carbonyl (C=O) groups is 1. The van der Waals surface area contributed by atoms with Crippen molar-refractivity contribution in [1.29, 1.82) is 0 Å². The van der Waals surface area contributed by atoms with Crippen molar-refractivity contribution in [3.05, 3.63) is 17.6 Å². The van der Waals surface area contributed by atoms with Crippen LogP contribution in [0.4, 0.5) is 5.82 Å². The molecule has 0 aliphatic heterocycles. The van der Waals surface area contributed by atoms with Gasteiger partial charge in [-0.2, -0.15) is 0 Å². The van der Waals surface area contributed by atoms with Gasteiger partial charge in [0, 0.05) is 18.3 Å². The van der Waals surface area contributed by atoms with Crippen molar-refractivity contribution >= 4 is 11.7 Å². The van der Waals surface area contributed by atoms with Crippen LogP contribution < -0.4 is 11.1 Å². The summed E-state index contributed by atoms with van der Waals surface area (Å²) < 4.78 is 0. The van der Waals surface area contributed by atoms with E-state index in [0.29, 0.717) is 12.4 Å². The molecule has 0 saturated heterocycles. The summed E-state index contributed by atoms with van der Waals surface area (Å²) in [5, 5.41) is 3.25. The molecule has 0 atom stereocenters. The molecule has 0 aromatic carbocycles. The quantitative estimate of drug-likeness (QED) is 0.730. The Balaban J connectivity index is 2.75. The maximum atomic E-state index is 11.0. The van der Waals surface area contributed by atoms with E-state index in [2.05, 4.69) is 22.2 Å². The van der Waals surface area contributed by atoms with Gasteiger partial charge in [-0.1, -0.05) is 13.8 Å². The zero-order valence-corrected chi connectivity index (χ0v) is 11.9. The van der Waals surface area contributed by atoms with Crippen LogP contribution in [0.15, 0.2) is 6.07 Å². The summed E-state index contributed by atoms with van der Waals surface area (Å²) in [5.74, 6) is 1.21. The molecule has 6 heteroatoms. The fraction of sp³-hybridized carbons (Fsp3) is 0.615.